The molecule has 34 heavy (non-hydrogen) atoms. The Morgan fingerprint density at radius 3 is 2.53 bits per heavy atom. The van der Waals surface area contributed by atoms with Gasteiger partial charge in [0.15, 0.2) is 11.6 Å². The Morgan fingerprint density at radius 2 is 1.85 bits per heavy atom. The number of hydrogen-bond acceptors (Lipinski definition) is 9. The van der Waals surface area contributed by atoms with Crippen LogP contribution in [0, 0.1) is 11.2 Å². The van der Waals surface area contributed by atoms with Gasteiger partial charge in [0.1, 0.15) is 25.0 Å². The van der Waals surface area contributed by atoms with E-state index in [1.165, 1.54) is 0 Å². The maximum atomic E-state index is 15.0. The van der Waals surface area contributed by atoms with Crippen molar-refractivity contribution in [3.63, 3.8) is 0 Å². The number of carbonyl (C=O) groups excluding carboxylic acids is 1. The number of aromatic nitrogens is 2. The number of carbonyl (C=O) groups is 1. The highest BCUT2D eigenvalue weighted by atomic mass is 19.1. The average molecular weight is 473 g/mol. The standard InChI is InChI=1S/C23H29FN6O4/c24-22-16(15-33-21(31)12-20(25)26)2-1-3-19(22)29-6-4-17(5-7-29)34-18-13-27-23(28-14-18)30-8-10-32-11-9-30/h1-3,13-14,17H,4-12,15H2,(H3,25,26). The van der Waals surface area contributed by atoms with E-state index in [2.05, 4.69) is 14.9 Å². The van der Waals surface area contributed by atoms with Crippen LogP contribution in [0.3, 0.4) is 0 Å². The molecule has 0 aliphatic carbocycles. The van der Waals surface area contributed by atoms with Crippen molar-refractivity contribution >= 4 is 23.4 Å². The first-order valence-corrected chi connectivity index (χ1v) is 11.3. The zero-order chi connectivity index (χ0) is 23.9. The monoisotopic (exact) mass is 472 g/mol. The van der Waals surface area contributed by atoms with E-state index in [-0.39, 0.29) is 30.5 Å². The van der Waals surface area contributed by atoms with Gasteiger partial charge in [-0.1, -0.05) is 12.1 Å². The molecule has 3 N–H and O–H groups in total. The minimum Gasteiger partial charge on any atom is -0.487 e. The summed E-state index contributed by atoms with van der Waals surface area (Å²) in [5.74, 6) is -0.0606. The summed E-state index contributed by atoms with van der Waals surface area (Å²) < 4.78 is 31.5. The van der Waals surface area contributed by atoms with Crippen molar-refractivity contribution in [2.45, 2.75) is 32.0 Å². The number of hydrogen-bond donors (Lipinski definition) is 2. The number of benzene rings is 1. The van der Waals surface area contributed by atoms with Crippen molar-refractivity contribution in [2.75, 3.05) is 49.2 Å². The number of nitrogens with one attached hydrogen (secondary N) is 1. The molecule has 182 valence electrons. The first kappa shape index (κ1) is 23.7. The van der Waals surface area contributed by atoms with Gasteiger partial charge in [0.2, 0.25) is 5.95 Å². The molecule has 2 aliphatic rings. The van der Waals surface area contributed by atoms with Gasteiger partial charge in [-0.15, -0.1) is 0 Å². The fraction of sp³-hybridized carbons (Fsp3) is 0.478. The Balaban J connectivity index is 1.29. The van der Waals surface area contributed by atoms with E-state index in [4.69, 9.17) is 25.4 Å². The molecular weight excluding hydrogens is 443 g/mol. The first-order chi connectivity index (χ1) is 16.5. The normalized spacial score (nSPS) is 16.9. The maximum Gasteiger partial charge on any atom is 0.313 e. The lowest BCUT2D eigenvalue weighted by Gasteiger charge is -2.34. The molecule has 2 fully saturated rings. The van der Waals surface area contributed by atoms with Crippen molar-refractivity contribution in [1.29, 1.82) is 5.41 Å². The molecule has 11 heteroatoms. The summed E-state index contributed by atoms with van der Waals surface area (Å²) in [6.07, 6.45) is 4.52. The molecule has 10 nitrogen and oxygen atoms in total. The highest BCUT2D eigenvalue weighted by Gasteiger charge is 2.24. The summed E-state index contributed by atoms with van der Waals surface area (Å²) in [5, 5.41) is 7.13. The molecule has 0 spiro atoms. The van der Waals surface area contributed by atoms with E-state index in [0.717, 1.165) is 25.9 Å². The predicted octanol–water partition coefficient (Wildman–Crippen LogP) is 1.87. The summed E-state index contributed by atoms with van der Waals surface area (Å²) in [6.45, 7) is 3.95. The van der Waals surface area contributed by atoms with Gasteiger partial charge in [0, 0.05) is 44.6 Å². The van der Waals surface area contributed by atoms with Crippen molar-refractivity contribution < 1.29 is 23.4 Å². The number of nitrogens with zero attached hydrogens (tertiary/aromatic N) is 4. The molecule has 2 aliphatic heterocycles. The fourth-order valence-electron chi connectivity index (χ4n) is 3.99. The van der Waals surface area contributed by atoms with Crippen LogP contribution in [0.1, 0.15) is 24.8 Å². The molecule has 3 heterocycles. The van der Waals surface area contributed by atoms with Crippen LogP contribution in [0.2, 0.25) is 0 Å². The largest absolute Gasteiger partial charge is 0.487 e. The van der Waals surface area contributed by atoms with E-state index in [0.29, 0.717) is 43.7 Å². The zero-order valence-corrected chi connectivity index (χ0v) is 18.9. The quantitative estimate of drug-likeness (QED) is 0.336. The third kappa shape index (κ3) is 6.10. The Hall–Kier alpha value is -3.47. The van der Waals surface area contributed by atoms with Gasteiger partial charge in [0.25, 0.3) is 0 Å². The van der Waals surface area contributed by atoms with Crippen molar-refractivity contribution in [1.82, 2.24) is 9.97 Å². The van der Waals surface area contributed by atoms with Crippen LogP contribution in [0.5, 0.6) is 5.75 Å². The van der Waals surface area contributed by atoms with Gasteiger partial charge >= 0.3 is 5.97 Å². The van der Waals surface area contributed by atoms with Gasteiger partial charge in [0.05, 0.1) is 31.3 Å². The Bertz CT molecular complexity index is 991. The van der Waals surface area contributed by atoms with Crippen LogP contribution in [-0.2, 0) is 20.9 Å². The van der Waals surface area contributed by atoms with Crippen LogP contribution in [0.15, 0.2) is 30.6 Å². The molecule has 0 atom stereocenters. The number of ether oxygens (including phenoxy) is 3. The Kier molecular flexibility index (Phi) is 7.73. The van der Waals surface area contributed by atoms with Crippen molar-refractivity contribution in [3.05, 3.63) is 42.0 Å². The topological polar surface area (TPSA) is 127 Å². The SMILES string of the molecule is N=C(N)CC(=O)OCc1cccc(N2CCC(Oc3cnc(N4CCOCC4)nc3)CC2)c1F. The molecule has 0 amide bonds. The summed E-state index contributed by atoms with van der Waals surface area (Å²) in [7, 11) is 0. The summed E-state index contributed by atoms with van der Waals surface area (Å²) in [5.41, 5.74) is 5.94. The number of nitrogens with two attached hydrogens (primary N) is 1. The van der Waals surface area contributed by atoms with Crippen LogP contribution in [-0.4, -0.2) is 67.3 Å². The van der Waals surface area contributed by atoms with Crippen LogP contribution in [0.4, 0.5) is 16.0 Å². The van der Waals surface area contributed by atoms with Gasteiger partial charge in [-0.3, -0.25) is 10.2 Å². The molecule has 1 aromatic carbocycles. The Morgan fingerprint density at radius 1 is 1.15 bits per heavy atom. The van der Waals surface area contributed by atoms with Crippen LogP contribution < -0.4 is 20.3 Å². The minimum atomic E-state index is -0.655. The molecule has 2 saturated heterocycles. The molecule has 2 aromatic rings. The molecule has 1 aromatic heterocycles. The number of piperidine rings is 1. The lowest BCUT2D eigenvalue weighted by atomic mass is 10.1. The average Bonchev–Trinajstić information content (AvgIpc) is 2.85. The molecular formula is C23H29FN6O4. The fourth-order valence-corrected chi connectivity index (χ4v) is 3.99. The molecule has 0 radical (unpaired) electrons. The van der Waals surface area contributed by atoms with Gasteiger partial charge in [-0.25, -0.2) is 14.4 Å². The maximum absolute atomic E-state index is 15.0. The van der Waals surface area contributed by atoms with Gasteiger partial charge in [-0.2, -0.15) is 0 Å². The zero-order valence-electron chi connectivity index (χ0n) is 18.9. The number of halogens is 1. The van der Waals surface area contributed by atoms with Crippen LogP contribution in [0.25, 0.3) is 0 Å². The van der Waals surface area contributed by atoms with E-state index in [1.54, 1.807) is 30.6 Å². The van der Waals surface area contributed by atoms with E-state index in [9.17, 15) is 4.79 Å². The molecule has 4 rings (SSSR count). The highest BCUT2D eigenvalue weighted by Crippen LogP contribution is 2.27. The lowest BCUT2D eigenvalue weighted by Crippen LogP contribution is -2.39. The predicted molar refractivity (Wildman–Crippen MR) is 124 cm³/mol. The number of rotatable bonds is 8. The second-order valence-electron chi connectivity index (χ2n) is 8.24. The molecule has 0 unspecified atom stereocenters. The minimum absolute atomic E-state index is 0.00661. The second-order valence-corrected chi connectivity index (χ2v) is 8.24. The lowest BCUT2D eigenvalue weighted by molar-refractivity contribution is -0.143. The second kappa shape index (κ2) is 11.1. The molecule has 0 saturated carbocycles. The summed E-state index contributed by atoms with van der Waals surface area (Å²) >= 11 is 0. The third-order valence-corrected chi connectivity index (χ3v) is 5.78. The third-order valence-electron chi connectivity index (χ3n) is 5.78. The van der Waals surface area contributed by atoms with Crippen LogP contribution >= 0.6 is 0 Å². The van der Waals surface area contributed by atoms with Gasteiger partial charge < -0.3 is 29.7 Å². The number of morpholine rings is 1. The molecule has 0 bridgehead atoms. The van der Waals surface area contributed by atoms with E-state index < -0.39 is 11.8 Å². The smallest absolute Gasteiger partial charge is 0.313 e. The van der Waals surface area contributed by atoms with Crippen molar-refractivity contribution in [2.24, 2.45) is 5.73 Å². The highest BCUT2D eigenvalue weighted by molar-refractivity contribution is 5.94. The van der Waals surface area contributed by atoms with E-state index in [1.807, 2.05) is 4.90 Å². The number of esters is 1. The van der Waals surface area contributed by atoms with Crippen molar-refractivity contribution in [3.8, 4) is 5.75 Å². The van der Waals surface area contributed by atoms with E-state index >= 15 is 4.39 Å². The summed E-state index contributed by atoms with van der Waals surface area (Å²) in [4.78, 5) is 24.5. The number of amidine groups is 1. The summed E-state index contributed by atoms with van der Waals surface area (Å²) in [6, 6.07) is 5.04. The Labute approximate surface area is 197 Å². The first-order valence-electron chi connectivity index (χ1n) is 11.3. The van der Waals surface area contributed by atoms with Gasteiger partial charge in [-0.05, 0) is 6.07 Å². The number of anilines is 2.